The van der Waals surface area contributed by atoms with Gasteiger partial charge < -0.3 is 0 Å². The Balaban J connectivity index is 4.61. The average molecular weight is 170 g/mol. The number of hydrogen-bond acceptors (Lipinski definition) is 0. The summed E-state index contributed by atoms with van der Waals surface area (Å²) in [5.74, 6) is 1.55. The molecule has 0 aliphatic carbocycles. The quantitative estimate of drug-likeness (QED) is 0.578. The fraction of sp³-hybridized carbons (Fsp3) is 1.00. The van der Waals surface area contributed by atoms with Gasteiger partial charge in [0.1, 0.15) is 0 Å². The lowest BCUT2D eigenvalue weighted by atomic mass is 9.60. The molecule has 1 atom stereocenters. The van der Waals surface area contributed by atoms with Crippen LogP contribution < -0.4 is 0 Å². The molecule has 0 heterocycles. The van der Waals surface area contributed by atoms with E-state index in [2.05, 4.69) is 55.4 Å². The molecule has 0 fully saturated rings. The van der Waals surface area contributed by atoms with Crippen LogP contribution in [0.2, 0.25) is 0 Å². The fourth-order valence-electron chi connectivity index (χ4n) is 1.52. The largest absolute Gasteiger partial charge is 0.0625 e. The summed E-state index contributed by atoms with van der Waals surface area (Å²) in [5.41, 5.74) is 0.817. The standard InChI is InChI=1S/C12H26/c1-9(2)10(3)12(7,8)11(4,5)6/h9-10H,1-8H3. The first-order chi connectivity index (χ1) is 5.10. The first-order valence-electron chi connectivity index (χ1n) is 5.10. The molecule has 0 saturated heterocycles. The lowest BCUT2D eigenvalue weighted by molar-refractivity contribution is 0.0389. The van der Waals surface area contributed by atoms with Gasteiger partial charge in [-0.1, -0.05) is 55.4 Å². The van der Waals surface area contributed by atoms with E-state index >= 15 is 0 Å². The molecule has 0 aliphatic heterocycles. The van der Waals surface area contributed by atoms with E-state index in [1.165, 1.54) is 0 Å². The van der Waals surface area contributed by atoms with E-state index in [-0.39, 0.29) is 0 Å². The number of hydrogen-bond donors (Lipinski definition) is 0. The van der Waals surface area contributed by atoms with Gasteiger partial charge in [-0.15, -0.1) is 0 Å². The van der Waals surface area contributed by atoms with Crippen molar-refractivity contribution >= 4 is 0 Å². The van der Waals surface area contributed by atoms with Crippen molar-refractivity contribution in [3.05, 3.63) is 0 Å². The van der Waals surface area contributed by atoms with E-state index in [0.717, 1.165) is 11.8 Å². The summed E-state index contributed by atoms with van der Waals surface area (Å²) in [6.45, 7) is 18.8. The molecule has 0 amide bonds. The minimum Gasteiger partial charge on any atom is -0.0625 e. The molecule has 0 spiro atoms. The minimum atomic E-state index is 0.399. The van der Waals surface area contributed by atoms with E-state index in [9.17, 15) is 0 Å². The predicted molar refractivity (Wildman–Crippen MR) is 57.2 cm³/mol. The summed E-state index contributed by atoms with van der Waals surface area (Å²) < 4.78 is 0. The Labute approximate surface area is 78.8 Å². The van der Waals surface area contributed by atoms with Crippen LogP contribution in [-0.2, 0) is 0 Å². The Kier molecular flexibility index (Phi) is 3.40. The first-order valence-corrected chi connectivity index (χ1v) is 5.10. The maximum Gasteiger partial charge on any atom is -0.0277 e. The zero-order chi connectivity index (χ0) is 10.2. The van der Waals surface area contributed by atoms with Gasteiger partial charge in [-0.3, -0.25) is 0 Å². The van der Waals surface area contributed by atoms with Gasteiger partial charge >= 0.3 is 0 Å². The van der Waals surface area contributed by atoms with Gasteiger partial charge in [0, 0.05) is 0 Å². The zero-order valence-corrected chi connectivity index (χ0v) is 10.2. The highest BCUT2D eigenvalue weighted by atomic mass is 14.4. The fourth-order valence-corrected chi connectivity index (χ4v) is 1.52. The molecule has 0 rings (SSSR count). The van der Waals surface area contributed by atoms with Gasteiger partial charge in [0.25, 0.3) is 0 Å². The third-order valence-corrected chi connectivity index (χ3v) is 4.07. The lowest BCUT2D eigenvalue weighted by Gasteiger charge is -2.45. The Morgan fingerprint density at radius 2 is 1.08 bits per heavy atom. The zero-order valence-electron chi connectivity index (χ0n) is 10.2. The maximum atomic E-state index is 2.39. The molecule has 0 aromatic heterocycles. The van der Waals surface area contributed by atoms with Gasteiger partial charge in [-0.2, -0.15) is 0 Å². The monoisotopic (exact) mass is 170 g/mol. The Morgan fingerprint density at radius 3 is 1.17 bits per heavy atom. The van der Waals surface area contributed by atoms with Crippen LogP contribution in [0.3, 0.4) is 0 Å². The molecule has 0 aromatic rings. The molecule has 0 bridgehead atoms. The molecule has 0 heteroatoms. The molecule has 0 N–H and O–H groups in total. The summed E-state index contributed by atoms with van der Waals surface area (Å²) in [4.78, 5) is 0. The molecule has 12 heavy (non-hydrogen) atoms. The van der Waals surface area contributed by atoms with Crippen molar-refractivity contribution in [1.29, 1.82) is 0 Å². The highest BCUT2D eigenvalue weighted by Crippen LogP contribution is 2.46. The van der Waals surface area contributed by atoms with E-state index in [1.807, 2.05) is 0 Å². The molecule has 0 aromatic carbocycles. The summed E-state index contributed by atoms with van der Waals surface area (Å²) in [6, 6.07) is 0. The Bertz CT molecular complexity index is 135. The van der Waals surface area contributed by atoms with Crippen LogP contribution in [0, 0.1) is 22.7 Å². The van der Waals surface area contributed by atoms with Gasteiger partial charge in [0.2, 0.25) is 0 Å². The summed E-state index contributed by atoms with van der Waals surface area (Å²) in [5, 5.41) is 0. The van der Waals surface area contributed by atoms with Crippen molar-refractivity contribution in [2.45, 2.75) is 55.4 Å². The molecule has 0 nitrogen and oxygen atoms in total. The highest BCUT2D eigenvalue weighted by molar-refractivity contribution is 4.87. The summed E-state index contributed by atoms with van der Waals surface area (Å²) in [7, 11) is 0. The van der Waals surface area contributed by atoms with Crippen molar-refractivity contribution in [2.24, 2.45) is 22.7 Å². The molecule has 74 valence electrons. The predicted octanol–water partition coefficient (Wildman–Crippen LogP) is 4.35. The third kappa shape index (κ3) is 2.24. The highest BCUT2D eigenvalue weighted by Gasteiger charge is 2.38. The van der Waals surface area contributed by atoms with Gasteiger partial charge in [0.15, 0.2) is 0 Å². The van der Waals surface area contributed by atoms with Gasteiger partial charge in [-0.25, -0.2) is 0 Å². The van der Waals surface area contributed by atoms with Crippen molar-refractivity contribution in [2.75, 3.05) is 0 Å². The maximum absolute atomic E-state index is 2.39. The topological polar surface area (TPSA) is 0 Å². The van der Waals surface area contributed by atoms with Gasteiger partial charge in [0.05, 0.1) is 0 Å². The Hall–Kier alpha value is 0. The Morgan fingerprint density at radius 1 is 0.750 bits per heavy atom. The van der Waals surface area contributed by atoms with Crippen molar-refractivity contribution in [3.8, 4) is 0 Å². The molecule has 0 aliphatic rings. The van der Waals surface area contributed by atoms with E-state index in [0.29, 0.717) is 10.8 Å². The molecule has 0 radical (unpaired) electrons. The molecule has 1 unspecified atom stereocenters. The van der Waals surface area contributed by atoms with E-state index < -0.39 is 0 Å². The second-order valence-corrected chi connectivity index (χ2v) is 6.00. The third-order valence-electron chi connectivity index (χ3n) is 4.07. The smallest absolute Gasteiger partial charge is 0.0277 e. The summed E-state index contributed by atoms with van der Waals surface area (Å²) >= 11 is 0. The second-order valence-electron chi connectivity index (χ2n) is 6.00. The summed E-state index contributed by atoms with van der Waals surface area (Å²) in [6.07, 6.45) is 0. The van der Waals surface area contributed by atoms with Crippen LogP contribution in [0.4, 0.5) is 0 Å². The molecule has 0 saturated carbocycles. The molecular formula is C12H26. The van der Waals surface area contributed by atoms with Crippen LogP contribution in [0.1, 0.15) is 55.4 Å². The van der Waals surface area contributed by atoms with Crippen LogP contribution >= 0.6 is 0 Å². The van der Waals surface area contributed by atoms with Crippen LogP contribution in [0.25, 0.3) is 0 Å². The number of rotatable bonds is 2. The molecular weight excluding hydrogens is 144 g/mol. The normalized spacial score (nSPS) is 16.8. The van der Waals surface area contributed by atoms with Crippen molar-refractivity contribution in [1.82, 2.24) is 0 Å². The lowest BCUT2D eigenvalue weighted by Crippen LogP contribution is -2.38. The minimum absolute atomic E-state index is 0.399. The van der Waals surface area contributed by atoms with E-state index in [4.69, 9.17) is 0 Å². The van der Waals surface area contributed by atoms with Gasteiger partial charge in [-0.05, 0) is 22.7 Å². The van der Waals surface area contributed by atoms with Crippen molar-refractivity contribution in [3.63, 3.8) is 0 Å². The van der Waals surface area contributed by atoms with Crippen molar-refractivity contribution < 1.29 is 0 Å². The van der Waals surface area contributed by atoms with Crippen LogP contribution in [0.15, 0.2) is 0 Å². The van der Waals surface area contributed by atoms with E-state index in [1.54, 1.807) is 0 Å². The van der Waals surface area contributed by atoms with Crippen LogP contribution in [0.5, 0.6) is 0 Å². The second kappa shape index (κ2) is 3.40. The first kappa shape index (κ1) is 12.0. The van der Waals surface area contributed by atoms with Crippen LogP contribution in [-0.4, -0.2) is 0 Å². The average Bonchev–Trinajstić information content (AvgIpc) is 1.83. The SMILES string of the molecule is CC(C)C(C)C(C)(C)C(C)(C)C.